The minimum absolute atomic E-state index is 1.12. The van der Waals surface area contributed by atoms with E-state index in [0.29, 0.717) is 0 Å². The van der Waals surface area contributed by atoms with E-state index in [-0.39, 0.29) is 0 Å². The number of hydrogen-bond donors (Lipinski definition) is 0. The third kappa shape index (κ3) is 16.0. The second-order valence-corrected chi connectivity index (χ2v) is 33.1. The maximum Gasteiger partial charge on any atom is 0.0541 e. The van der Waals surface area contributed by atoms with E-state index in [2.05, 4.69) is 574 Å². The summed E-state index contributed by atoms with van der Waals surface area (Å²) in [6.45, 7) is 0. The lowest BCUT2D eigenvalue weighted by atomic mass is 10.0. The Kier molecular flexibility index (Phi) is 22.1. The number of benzene rings is 21. The zero-order valence-electron chi connectivity index (χ0n) is 72.6. The lowest BCUT2D eigenvalue weighted by molar-refractivity contribution is 1.18. The molecular formula is C126H90N6. The molecule has 0 atom stereocenters. The molecule has 0 amide bonds. The smallest absolute Gasteiger partial charge is 0.0541 e. The van der Waals surface area contributed by atoms with Crippen molar-refractivity contribution < 1.29 is 0 Å². The van der Waals surface area contributed by atoms with Crippen LogP contribution in [-0.4, -0.2) is 13.7 Å². The topological polar surface area (TPSA) is 24.5 Å². The van der Waals surface area contributed by atoms with Crippen LogP contribution in [0.15, 0.2) is 546 Å². The summed E-state index contributed by atoms with van der Waals surface area (Å²) >= 11 is 0. The molecule has 624 valence electrons. The average Bonchev–Trinajstić information content (AvgIpc) is 1.57. The molecule has 6 nitrogen and oxygen atoms in total. The zero-order valence-corrected chi connectivity index (χ0v) is 72.6. The molecule has 24 rings (SSSR count). The summed E-state index contributed by atoms with van der Waals surface area (Å²) < 4.78 is 7.08. The van der Waals surface area contributed by atoms with Gasteiger partial charge in [0.05, 0.1) is 38.8 Å². The van der Waals surface area contributed by atoms with Crippen molar-refractivity contribution in [2.24, 2.45) is 0 Å². The van der Waals surface area contributed by atoms with Crippen LogP contribution in [0.4, 0.5) is 51.2 Å². The van der Waals surface area contributed by atoms with Gasteiger partial charge in [-0.15, -0.1) is 0 Å². The van der Waals surface area contributed by atoms with Gasteiger partial charge in [-0.05, 0) is 237 Å². The highest BCUT2D eigenvalue weighted by atomic mass is 15.2. The van der Waals surface area contributed by atoms with Gasteiger partial charge in [0.2, 0.25) is 0 Å². The Balaban J connectivity index is 0.000000116. The highest BCUT2D eigenvalue weighted by Gasteiger charge is 2.22. The molecule has 0 fully saturated rings. The van der Waals surface area contributed by atoms with Crippen LogP contribution >= 0.6 is 0 Å². The number of aromatic nitrogens is 3. The van der Waals surface area contributed by atoms with Crippen LogP contribution in [-0.2, 0) is 0 Å². The van der Waals surface area contributed by atoms with E-state index in [4.69, 9.17) is 0 Å². The van der Waals surface area contributed by atoms with E-state index >= 15 is 0 Å². The van der Waals surface area contributed by atoms with Crippen molar-refractivity contribution in [3.8, 4) is 83.8 Å². The summed E-state index contributed by atoms with van der Waals surface area (Å²) in [6, 6.07) is 195. The lowest BCUT2D eigenvalue weighted by Gasteiger charge is -2.28. The SMILES string of the molecule is c1ccc(-c2ccc(N(c3ccccc3)c3ccc(-c4ccc(-n5c6ccccc6c6ccccc65)cc4)cc3)cc2)cc1.c1ccc(-c2cccc(N(c3ccccc3)c3ccc(-c4ccc(-n5c6ccccc6c6ccccc65)cc4)cc3)c2)cc1.c1ccc(-c2ccccc2N(c2ccccc2)c2ccc(-c3ccc(-n4c5ccccc5c5ccccc54)cc3)cc2)cc1. The monoisotopic (exact) mass is 1690 g/mol. The Labute approximate surface area is 769 Å². The van der Waals surface area contributed by atoms with Crippen LogP contribution in [0.25, 0.3) is 149 Å². The third-order valence-corrected chi connectivity index (χ3v) is 25.2. The predicted octanol–water partition coefficient (Wildman–Crippen LogP) is 34.8. The van der Waals surface area contributed by atoms with Crippen molar-refractivity contribution in [3.63, 3.8) is 0 Å². The lowest BCUT2D eigenvalue weighted by Crippen LogP contribution is -2.11. The first-order valence-electron chi connectivity index (χ1n) is 45.1. The van der Waals surface area contributed by atoms with Crippen LogP contribution in [0.3, 0.4) is 0 Å². The normalized spacial score (nSPS) is 11.2. The minimum Gasteiger partial charge on any atom is -0.311 e. The number of rotatable bonds is 18. The summed E-state index contributed by atoms with van der Waals surface area (Å²) in [5.41, 5.74) is 35.3. The van der Waals surface area contributed by atoms with Crippen molar-refractivity contribution in [3.05, 3.63) is 546 Å². The minimum atomic E-state index is 1.12. The average molecular weight is 1690 g/mol. The summed E-state index contributed by atoms with van der Waals surface area (Å²) in [4.78, 5) is 6.98. The molecule has 0 aliphatic carbocycles. The number of fused-ring (bicyclic) bond motifs is 9. The molecule has 0 saturated carbocycles. The Morgan fingerprint density at radius 2 is 0.318 bits per heavy atom. The number of para-hydroxylation sites is 10. The molecule has 0 bridgehead atoms. The molecule has 3 heterocycles. The molecular weight excluding hydrogens is 1600 g/mol. The summed E-state index contributed by atoms with van der Waals surface area (Å²) in [6.07, 6.45) is 0. The molecule has 0 aliphatic rings. The highest BCUT2D eigenvalue weighted by molar-refractivity contribution is 6.12. The maximum absolute atomic E-state index is 2.36. The van der Waals surface area contributed by atoms with E-state index in [0.717, 1.165) is 68.2 Å². The molecule has 0 saturated heterocycles. The fourth-order valence-electron chi connectivity index (χ4n) is 18.9. The quantitative estimate of drug-likeness (QED) is 0.0856. The molecule has 0 unspecified atom stereocenters. The Morgan fingerprint density at radius 3 is 0.629 bits per heavy atom. The van der Waals surface area contributed by atoms with E-state index in [1.165, 1.54) is 132 Å². The first-order valence-corrected chi connectivity index (χ1v) is 45.1. The molecule has 21 aromatic carbocycles. The van der Waals surface area contributed by atoms with Crippen LogP contribution in [0.5, 0.6) is 0 Å². The molecule has 24 aromatic rings. The number of anilines is 9. The van der Waals surface area contributed by atoms with Gasteiger partial charge < -0.3 is 28.4 Å². The number of nitrogens with zero attached hydrogens (tertiary/aromatic N) is 6. The maximum atomic E-state index is 2.36. The molecule has 132 heavy (non-hydrogen) atoms. The van der Waals surface area contributed by atoms with Crippen LogP contribution in [0.2, 0.25) is 0 Å². The van der Waals surface area contributed by atoms with Crippen molar-refractivity contribution in [2.45, 2.75) is 0 Å². The van der Waals surface area contributed by atoms with E-state index in [1.54, 1.807) is 0 Å². The standard InChI is InChI=1S/3C42H30N2/c1-3-13-33(14-4-1)37-17-7-10-20-40(37)43(34-15-5-2-6-16-34)35-27-23-31(24-28-35)32-25-29-36(30-26-32)44-41-21-11-8-18-38(41)39-19-9-12-22-42(39)44;1-3-12-31(13-4-1)34-14-11-17-38(30-34)43(35-15-5-2-6-16-35)36-26-22-32(23-27-36)33-24-28-37(29-25-33)44-41-20-9-7-18-39(41)40-19-8-10-21-42(40)44;1-3-11-31(12-4-1)32-19-25-36(26-20-32)43(35-13-5-2-6-14-35)37-27-21-33(22-28-37)34-23-29-38(30-24-34)44-41-17-9-7-15-39(41)40-16-8-10-18-42(40)44/h3*1-30H. The van der Waals surface area contributed by atoms with Crippen molar-refractivity contribution in [2.75, 3.05) is 14.7 Å². The highest BCUT2D eigenvalue weighted by Crippen LogP contribution is 2.45. The van der Waals surface area contributed by atoms with E-state index < -0.39 is 0 Å². The molecule has 0 spiro atoms. The third-order valence-electron chi connectivity index (χ3n) is 25.2. The summed E-state index contributed by atoms with van der Waals surface area (Å²) in [5, 5.41) is 7.67. The Bertz CT molecular complexity index is 7940. The van der Waals surface area contributed by atoms with Gasteiger partial charge in [0, 0.05) is 100 Å². The molecule has 6 heteroatoms. The Morgan fingerprint density at radius 1 is 0.121 bits per heavy atom. The van der Waals surface area contributed by atoms with Gasteiger partial charge in [-0.1, -0.05) is 370 Å². The zero-order chi connectivity index (χ0) is 87.9. The molecule has 0 aliphatic heterocycles. The van der Waals surface area contributed by atoms with Gasteiger partial charge >= 0.3 is 0 Å². The van der Waals surface area contributed by atoms with Crippen molar-refractivity contribution in [1.82, 2.24) is 13.7 Å². The summed E-state index contributed by atoms with van der Waals surface area (Å²) in [5.74, 6) is 0. The second kappa shape index (κ2) is 36.4. The summed E-state index contributed by atoms with van der Waals surface area (Å²) in [7, 11) is 0. The van der Waals surface area contributed by atoms with Crippen LogP contribution in [0.1, 0.15) is 0 Å². The van der Waals surface area contributed by atoms with Gasteiger partial charge in [0.25, 0.3) is 0 Å². The molecule has 0 N–H and O–H groups in total. The fraction of sp³-hybridized carbons (Fsp3) is 0. The van der Waals surface area contributed by atoms with Gasteiger partial charge in [-0.3, -0.25) is 0 Å². The first kappa shape index (κ1) is 80.3. The van der Waals surface area contributed by atoms with E-state index in [9.17, 15) is 0 Å². The van der Waals surface area contributed by atoms with E-state index in [1.807, 2.05) is 0 Å². The van der Waals surface area contributed by atoms with Crippen LogP contribution in [0, 0.1) is 0 Å². The van der Waals surface area contributed by atoms with Crippen LogP contribution < -0.4 is 14.7 Å². The molecule has 0 radical (unpaired) electrons. The largest absolute Gasteiger partial charge is 0.311 e. The van der Waals surface area contributed by atoms with Crippen molar-refractivity contribution >= 4 is 117 Å². The first-order chi connectivity index (χ1) is 65.5. The van der Waals surface area contributed by atoms with Gasteiger partial charge in [0.15, 0.2) is 0 Å². The van der Waals surface area contributed by atoms with Gasteiger partial charge in [0.1, 0.15) is 0 Å². The molecule has 3 aromatic heterocycles. The predicted molar refractivity (Wildman–Crippen MR) is 559 cm³/mol. The fourth-order valence-corrected chi connectivity index (χ4v) is 18.9. The van der Waals surface area contributed by atoms with Gasteiger partial charge in [-0.25, -0.2) is 0 Å². The second-order valence-electron chi connectivity index (χ2n) is 33.1. The van der Waals surface area contributed by atoms with Crippen molar-refractivity contribution in [1.29, 1.82) is 0 Å². The number of hydrogen-bond acceptors (Lipinski definition) is 3. The Hall–Kier alpha value is -17.6. The van der Waals surface area contributed by atoms with Gasteiger partial charge in [-0.2, -0.15) is 0 Å².